The molecule has 3 rings (SSSR count). The Hall–Kier alpha value is -6.93. The molecule has 410 valence electrons. The molecule has 1 aliphatic heterocycles. The summed E-state index contributed by atoms with van der Waals surface area (Å²) in [7, 11) is 1.31. The van der Waals surface area contributed by atoms with E-state index < -0.39 is 89.0 Å². The lowest BCUT2D eigenvalue weighted by atomic mass is 9.93. The highest BCUT2D eigenvalue weighted by Crippen LogP contribution is 2.41. The largest absolute Gasteiger partial charge is 0.514 e. The molecule has 0 spiro atoms. The molecule has 1 aliphatic rings. The molecule has 21 nitrogen and oxygen atoms in total. The number of rotatable bonds is 20. The Morgan fingerprint density at radius 2 is 1.27 bits per heavy atom. The maximum atomic E-state index is 14.9. The van der Waals surface area contributed by atoms with E-state index in [9.17, 15) is 48.3 Å². The minimum atomic E-state index is -1.62. The zero-order chi connectivity index (χ0) is 55.6. The molecule has 2 aromatic carbocycles. The first-order chi connectivity index (χ1) is 34.5. The first-order valence-electron chi connectivity index (χ1n) is 25.2. The van der Waals surface area contributed by atoms with Crippen LogP contribution in [-0.4, -0.2) is 119 Å². The normalized spacial score (nSPS) is 16.4. The van der Waals surface area contributed by atoms with Crippen LogP contribution in [0.25, 0.3) is 11.1 Å². The van der Waals surface area contributed by atoms with Crippen molar-refractivity contribution in [2.24, 2.45) is 0 Å². The van der Waals surface area contributed by atoms with E-state index >= 15 is 0 Å². The summed E-state index contributed by atoms with van der Waals surface area (Å²) in [6.07, 6.45) is 2.37. The Morgan fingerprint density at radius 3 is 1.85 bits per heavy atom. The predicted octanol–water partition coefficient (Wildman–Crippen LogP) is 7.16. The molecular weight excluding hydrogens is 961 g/mol. The number of ether oxygens (including phenoxy) is 5. The van der Waals surface area contributed by atoms with Crippen molar-refractivity contribution in [2.75, 3.05) is 20.1 Å². The fourth-order valence-electron chi connectivity index (χ4n) is 7.55. The zero-order valence-corrected chi connectivity index (χ0v) is 45.1. The molecule has 0 radical (unpaired) electrons. The number of nitrogens with zero attached hydrogens (tertiary/aromatic N) is 1. The lowest BCUT2D eigenvalue weighted by molar-refractivity contribution is -0.144. The molecule has 6 N–H and O–H groups in total. The van der Waals surface area contributed by atoms with Crippen LogP contribution < -0.4 is 36.1 Å². The van der Waals surface area contributed by atoms with Gasteiger partial charge in [-0.25, -0.2) is 19.2 Å². The summed E-state index contributed by atoms with van der Waals surface area (Å²) >= 11 is 0. The van der Waals surface area contributed by atoms with Gasteiger partial charge >= 0.3 is 24.4 Å². The van der Waals surface area contributed by atoms with Crippen LogP contribution in [0.5, 0.6) is 11.5 Å². The van der Waals surface area contributed by atoms with Crippen LogP contribution in [0, 0.1) is 0 Å². The summed E-state index contributed by atoms with van der Waals surface area (Å²) in [4.78, 5) is 122. The van der Waals surface area contributed by atoms with Crippen molar-refractivity contribution in [3.05, 3.63) is 47.5 Å². The number of hydrogen-bond acceptors (Lipinski definition) is 14. The van der Waals surface area contributed by atoms with Gasteiger partial charge in [0.05, 0.1) is 0 Å². The van der Waals surface area contributed by atoms with Gasteiger partial charge in [0.15, 0.2) is 0 Å². The van der Waals surface area contributed by atoms with Crippen molar-refractivity contribution in [3.63, 3.8) is 0 Å². The number of carbonyl (C=O) groups is 9. The topological polar surface area (TPSA) is 283 Å². The Kier molecular flexibility index (Phi) is 23.2. The van der Waals surface area contributed by atoms with Crippen molar-refractivity contribution in [3.8, 4) is 22.6 Å². The number of fused-ring (bicyclic) bond motifs is 5. The molecular formula is C53H78N6O15. The van der Waals surface area contributed by atoms with Crippen LogP contribution in [0.1, 0.15) is 158 Å². The molecule has 0 saturated heterocycles. The molecule has 0 unspecified atom stereocenters. The molecule has 0 aliphatic carbocycles. The van der Waals surface area contributed by atoms with Gasteiger partial charge in [-0.1, -0.05) is 44.7 Å². The van der Waals surface area contributed by atoms with Crippen molar-refractivity contribution in [1.29, 1.82) is 0 Å². The minimum Gasteiger partial charge on any atom is -0.480 e. The second-order valence-electron chi connectivity index (χ2n) is 21.2. The fourth-order valence-corrected chi connectivity index (χ4v) is 7.55. The average Bonchev–Trinajstić information content (AvgIpc) is 3.26. The molecule has 74 heavy (non-hydrogen) atoms. The number of likely N-dealkylation sites (N-methyl/N-ethyl adjacent to an activating group) is 1. The fraction of sp³-hybridized carbons (Fsp3) is 0.604. The number of alkyl carbamates (subject to hydrolysis) is 1. The number of amides is 6. The van der Waals surface area contributed by atoms with Gasteiger partial charge in [0.25, 0.3) is 0 Å². The third kappa shape index (κ3) is 21.7. The van der Waals surface area contributed by atoms with Crippen LogP contribution in [0.15, 0.2) is 36.4 Å². The molecule has 4 bridgehead atoms. The van der Waals surface area contributed by atoms with Crippen molar-refractivity contribution >= 4 is 53.9 Å². The lowest BCUT2D eigenvalue weighted by Gasteiger charge is -2.32. The molecule has 1 heterocycles. The van der Waals surface area contributed by atoms with Gasteiger partial charge in [0.2, 0.25) is 29.5 Å². The molecule has 0 fully saturated rings. The minimum absolute atomic E-state index is 0.00870. The number of benzene rings is 2. The highest BCUT2D eigenvalue weighted by atomic mass is 16.7. The van der Waals surface area contributed by atoms with E-state index in [-0.39, 0.29) is 72.9 Å². The summed E-state index contributed by atoms with van der Waals surface area (Å²) < 4.78 is 27.7. The maximum absolute atomic E-state index is 14.9. The van der Waals surface area contributed by atoms with E-state index in [0.29, 0.717) is 24.8 Å². The molecule has 4 atom stereocenters. The Bertz CT molecular complexity index is 2320. The second-order valence-corrected chi connectivity index (χ2v) is 21.2. The van der Waals surface area contributed by atoms with Gasteiger partial charge in [-0.2, -0.15) is 0 Å². The summed E-state index contributed by atoms with van der Waals surface area (Å²) in [5, 5.41) is 23.5. The number of carbonyl (C=O) groups excluding carboxylic acids is 8. The smallest absolute Gasteiger partial charge is 0.480 e. The van der Waals surface area contributed by atoms with Crippen LogP contribution in [0.3, 0.4) is 0 Å². The highest BCUT2D eigenvalue weighted by Gasteiger charge is 2.37. The van der Waals surface area contributed by atoms with Gasteiger partial charge in [-0.15, -0.1) is 0 Å². The average molecular weight is 1040 g/mol. The number of nitrogens with one attached hydrogen (secondary N) is 5. The van der Waals surface area contributed by atoms with Crippen LogP contribution in [0.2, 0.25) is 0 Å². The summed E-state index contributed by atoms with van der Waals surface area (Å²) in [6, 6.07) is 2.65. The first kappa shape index (κ1) is 61.4. The molecule has 2 aromatic rings. The monoisotopic (exact) mass is 1040 g/mol. The number of carboxylic acids is 1. The molecule has 0 aromatic heterocycles. The van der Waals surface area contributed by atoms with E-state index in [1.54, 1.807) is 62.3 Å². The van der Waals surface area contributed by atoms with Gasteiger partial charge < -0.3 is 60.3 Å². The predicted molar refractivity (Wildman–Crippen MR) is 273 cm³/mol. The lowest BCUT2D eigenvalue weighted by Crippen LogP contribution is -2.55. The van der Waals surface area contributed by atoms with E-state index in [0.717, 1.165) is 30.6 Å². The van der Waals surface area contributed by atoms with Gasteiger partial charge in [-0.05, 0) is 130 Å². The maximum Gasteiger partial charge on any atom is 0.514 e. The van der Waals surface area contributed by atoms with E-state index in [1.165, 1.54) is 50.4 Å². The molecule has 0 saturated carbocycles. The van der Waals surface area contributed by atoms with Crippen molar-refractivity contribution < 1.29 is 71.9 Å². The highest BCUT2D eigenvalue weighted by molar-refractivity contribution is 5.96. The quantitative estimate of drug-likeness (QED) is 0.0332. The van der Waals surface area contributed by atoms with Crippen LogP contribution >= 0.6 is 0 Å². The Morgan fingerprint density at radius 1 is 0.689 bits per heavy atom. The van der Waals surface area contributed by atoms with Crippen LogP contribution in [0.4, 0.5) is 14.4 Å². The summed E-state index contributed by atoms with van der Waals surface area (Å²) in [5.41, 5.74) is -2.28. The first-order valence-corrected chi connectivity index (χ1v) is 25.2. The van der Waals surface area contributed by atoms with Gasteiger partial charge in [-0.3, -0.25) is 24.0 Å². The molecule has 21 heteroatoms. The standard InChI is InChI=1S/C53H78N6O15/c1-13-14-15-16-17-21-41(60)54-28-26-42(61)57-37(20-18-19-27-55-48(67)72-51(3,4)5)46(64)59(12)43-34-23-25-40(71-50(69)74-53(9,10)11)36(31-34)35-29-33(22-24-39(35)70-49(68)73-52(6,7)8)30-38(47(65)66)58-44(62)32(2)56-45(43)63/h22-25,29,31-32,37-38,43H,13-21,26-28,30H2,1-12H3,(H,54,60)(H,55,67)(H,56,63)(H,57,61)(H,58,62)(H,65,66)/t32-,37-,38-,43-/m0/s1. The Balaban J connectivity index is 2.20. The third-order valence-electron chi connectivity index (χ3n) is 11.0. The van der Waals surface area contributed by atoms with Crippen molar-refractivity contribution in [1.82, 2.24) is 31.5 Å². The summed E-state index contributed by atoms with van der Waals surface area (Å²) in [6.45, 7) is 18.5. The second kappa shape index (κ2) is 27.9. The van der Waals surface area contributed by atoms with Crippen LogP contribution in [-0.2, 0) is 49.4 Å². The van der Waals surface area contributed by atoms with Gasteiger partial charge in [0.1, 0.15) is 52.5 Å². The van der Waals surface area contributed by atoms with E-state index in [1.807, 2.05) is 0 Å². The Labute approximate surface area is 434 Å². The number of unbranched alkanes of at least 4 members (excludes halogenated alkanes) is 5. The number of carboxylic acid groups (broad SMARTS) is 1. The van der Waals surface area contributed by atoms with E-state index in [4.69, 9.17) is 23.7 Å². The van der Waals surface area contributed by atoms with Crippen molar-refractivity contribution in [2.45, 2.75) is 188 Å². The number of hydrogen-bond donors (Lipinski definition) is 6. The number of aliphatic carboxylic acids is 1. The summed E-state index contributed by atoms with van der Waals surface area (Å²) in [5.74, 6) is -5.05. The van der Waals surface area contributed by atoms with Gasteiger partial charge in [0, 0.05) is 50.5 Å². The zero-order valence-electron chi connectivity index (χ0n) is 45.1. The third-order valence-corrected chi connectivity index (χ3v) is 11.0. The van der Waals surface area contributed by atoms with E-state index in [2.05, 4.69) is 33.5 Å². The SMILES string of the molecule is CCCCCCCC(=O)NCCC(=O)N[C@@H](CCCCNC(=O)OC(C)(C)C)C(=O)N(C)[C@@H]1C(=O)N[C@@H](C)C(=O)N[C@H](C(=O)O)Cc2ccc(OC(=O)OC(C)(C)C)c(c2)-c2cc1ccc2OC(=O)OC(C)(C)C. The molecule has 6 amide bonds.